The Hall–Kier alpha value is -3.66. The molecular weight excluding hydrogens is 476 g/mol. The van der Waals surface area contributed by atoms with E-state index in [4.69, 9.17) is 9.47 Å². The Morgan fingerprint density at radius 1 is 0.892 bits per heavy atom. The molecule has 2 fully saturated rings. The minimum atomic E-state index is -1.53. The van der Waals surface area contributed by atoms with E-state index in [0.29, 0.717) is 36.7 Å². The monoisotopic (exact) mass is 508 g/mol. The molecule has 4 heterocycles. The summed E-state index contributed by atoms with van der Waals surface area (Å²) in [6.45, 7) is 2.02. The zero-order chi connectivity index (χ0) is 26.5. The third-order valence-corrected chi connectivity index (χ3v) is 8.03. The van der Waals surface area contributed by atoms with Crippen molar-refractivity contribution in [2.45, 2.75) is 25.3 Å². The summed E-state index contributed by atoms with van der Waals surface area (Å²) in [7, 11) is 5.88. The number of pyridine rings is 1. The lowest BCUT2D eigenvalue weighted by molar-refractivity contribution is -0.159. The van der Waals surface area contributed by atoms with Crippen molar-refractivity contribution in [1.82, 2.24) is 19.3 Å². The first kappa shape index (κ1) is 25.0. The second-order valence-corrected chi connectivity index (χ2v) is 10.3. The Bertz CT molecular complexity index is 1300. The van der Waals surface area contributed by atoms with Crippen LogP contribution in [0, 0.1) is 11.3 Å². The highest BCUT2D eigenvalue weighted by Crippen LogP contribution is 2.41. The Morgan fingerprint density at radius 2 is 1.59 bits per heavy atom. The molecule has 0 N–H and O–H groups in total. The number of ether oxygens (including phenoxy) is 2. The first-order valence-corrected chi connectivity index (χ1v) is 12.4. The molecule has 0 radical (unpaired) electrons. The summed E-state index contributed by atoms with van der Waals surface area (Å²) >= 11 is 0. The van der Waals surface area contributed by atoms with Gasteiger partial charge >= 0.3 is 6.03 Å². The molecule has 10 nitrogen and oxygen atoms in total. The predicted octanol–water partition coefficient (Wildman–Crippen LogP) is 1.56. The van der Waals surface area contributed by atoms with Gasteiger partial charge in [0.15, 0.2) is 11.5 Å². The Morgan fingerprint density at radius 3 is 2.27 bits per heavy atom. The summed E-state index contributed by atoms with van der Waals surface area (Å²) in [6, 6.07) is 10.1. The smallest absolute Gasteiger partial charge is 0.332 e. The van der Waals surface area contributed by atoms with Crippen LogP contribution in [0.25, 0.3) is 0 Å². The number of hydrogen-bond donors (Lipinski definition) is 0. The number of fused-ring (bicyclic) bond motifs is 4. The van der Waals surface area contributed by atoms with Crippen molar-refractivity contribution in [3.05, 3.63) is 58.0 Å². The van der Waals surface area contributed by atoms with Gasteiger partial charge in [-0.05, 0) is 30.0 Å². The van der Waals surface area contributed by atoms with Crippen molar-refractivity contribution in [2.75, 3.05) is 47.9 Å². The number of aromatic nitrogens is 1. The van der Waals surface area contributed by atoms with Crippen LogP contribution in [0.1, 0.15) is 23.6 Å². The van der Waals surface area contributed by atoms with Gasteiger partial charge in [-0.3, -0.25) is 24.2 Å². The van der Waals surface area contributed by atoms with Crippen LogP contribution in [-0.2, 0) is 22.6 Å². The summed E-state index contributed by atoms with van der Waals surface area (Å²) in [5.74, 6) is 0.237. The maximum absolute atomic E-state index is 13.8. The van der Waals surface area contributed by atoms with Gasteiger partial charge < -0.3 is 18.9 Å². The maximum Gasteiger partial charge on any atom is 0.332 e. The fourth-order valence-electron chi connectivity index (χ4n) is 6.40. The number of benzene rings is 1. The van der Waals surface area contributed by atoms with E-state index in [-0.39, 0.29) is 30.4 Å². The van der Waals surface area contributed by atoms with Crippen molar-refractivity contribution < 1.29 is 23.9 Å². The minimum Gasteiger partial charge on any atom is -0.493 e. The number of hydrogen-bond acceptors (Lipinski definition) is 7. The third-order valence-electron chi connectivity index (χ3n) is 8.03. The molecule has 0 aliphatic carbocycles. The zero-order valence-corrected chi connectivity index (χ0v) is 21.6. The highest BCUT2D eigenvalue weighted by Gasteiger charge is 2.57. The first-order valence-electron chi connectivity index (χ1n) is 12.4. The minimum absolute atomic E-state index is 0.00152. The lowest BCUT2D eigenvalue weighted by Crippen LogP contribution is -2.67. The summed E-state index contributed by atoms with van der Waals surface area (Å²) < 4.78 is 12.9. The van der Waals surface area contributed by atoms with Gasteiger partial charge in [-0.25, -0.2) is 4.79 Å². The topological polar surface area (TPSA) is 101 Å². The molecular formula is C27H32N4O6. The Kier molecular flexibility index (Phi) is 6.31. The van der Waals surface area contributed by atoms with Crippen molar-refractivity contribution in [2.24, 2.45) is 11.3 Å². The van der Waals surface area contributed by atoms with Gasteiger partial charge in [0.2, 0.25) is 11.8 Å². The molecule has 1 aromatic carbocycles. The quantitative estimate of drug-likeness (QED) is 0.546. The van der Waals surface area contributed by atoms with Crippen LogP contribution in [0.3, 0.4) is 0 Å². The number of imide groups is 2. The number of para-hydroxylation sites is 1. The number of carbonyl (C=O) groups excluding carboxylic acids is 3. The van der Waals surface area contributed by atoms with E-state index < -0.39 is 23.3 Å². The first-order chi connectivity index (χ1) is 17.7. The van der Waals surface area contributed by atoms with Gasteiger partial charge in [-0.15, -0.1) is 0 Å². The number of urea groups is 1. The summed E-state index contributed by atoms with van der Waals surface area (Å²) in [6.07, 6.45) is 1.01. The predicted molar refractivity (Wildman–Crippen MR) is 135 cm³/mol. The molecule has 2 saturated heterocycles. The van der Waals surface area contributed by atoms with Gasteiger partial charge in [0, 0.05) is 64.4 Å². The van der Waals surface area contributed by atoms with Crippen LogP contribution >= 0.6 is 0 Å². The molecule has 2 atom stereocenters. The summed E-state index contributed by atoms with van der Waals surface area (Å²) in [4.78, 5) is 57.0. The molecule has 10 heteroatoms. The van der Waals surface area contributed by atoms with Crippen LogP contribution in [0.5, 0.6) is 11.5 Å². The molecule has 1 aromatic heterocycles. The lowest BCUT2D eigenvalue weighted by atomic mass is 9.75. The van der Waals surface area contributed by atoms with E-state index in [1.165, 1.54) is 28.3 Å². The summed E-state index contributed by atoms with van der Waals surface area (Å²) in [5, 5.41) is 0. The molecule has 4 amide bonds. The highest BCUT2D eigenvalue weighted by atomic mass is 16.5. The highest BCUT2D eigenvalue weighted by molar-refractivity contribution is 6.19. The number of methoxy groups -OCH3 is 2. The number of rotatable bonds is 6. The van der Waals surface area contributed by atoms with Crippen molar-refractivity contribution >= 4 is 17.8 Å². The fraction of sp³-hybridized carbons (Fsp3) is 0.481. The molecule has 5 rings (SSSR count). The van der Waals surface area contributed by atoms with E-state index in [2.05, 4.69) is 4.90 Å². The molecule has 3 aliphatic rings. The van der Waals surface area contributed by atoms with Gasteiger partial charge in [0.25, 0.3) is 5.56 Å². The normalized spacial score (nSPS) is 23.2. The molecule has 0 saturated carbocycles. The lowest BCUT2D eigenvalue weighted by Gasteiger charge is -2.48. The molecule has 196 valence electrons. The Labute approximate surface area is 215 Å². The average Bonchev–Trinajstić information content (AvgIpc) is 2.90. The van der Waals surface area contributed by atoms with Gasteiger partial charge in [-0.2, -0.15) is 0 Å². The molecule has 0 spiro atoms. The van der Waals surface area contributed by atoms with Gasteiger partial charge in [-0.1, -0.05) is 18.2 Å². The second kappa shape index (κ2) is 9.33. The largest absolute Gasteiger partial charge is 0.493 e. The van der Waals surface area contributed by atoms with E-state index in [1.807, 2.05) is 16.7 Å². The Balaban J connectivity index is 1.54. The molecule has 37 heavy (non-hydrogen) atoms. The number of nitrogens with zero attached hydrogens (tertiary/aromatic N) is 4. The number of piperidine rings is 1. The standard InChI is InChI=1S/C27H32N4O6/c1-28-24(33)27(25(34)29(2)26(28)35,12-18-7-5-9-21(36-3)23(18)37-4)16-30-13-17-11-19(15-30)20-8-6-10-22(32)31(20)14-17/h5-10,17,19H,11-16H2,1-4H3/t17-,19-/m0/s1. The van der Waals surface area contributed by atoms with E-state index >= 15 is 0 Å². The number of carbonyl (C=O) groups is 3. The van der Waals surface area contributed by atoms with Crippen molar-refractivity contribution in [3.8, 4) is 11.5 Å². The third kappa shape index (κ3) is 3.99. The number of barbiturate groups is 1. The SMILES string of the molecule is COc1cccc(CC2(CN3C[C@@H]4C[C@@H](C3)c3cccc(=O)n3C4)C(=O)N(C)C(=O)N(C)C2=O)c1OC. The van der Waals surface area contributed by atoms with E-state index in [9.17, 15) is 19.2 Å². The molecule has 0 unspecified atom stereocenters. The fourth-order valence-corrected chi connectivity index (χ4v) is 6.40. The summed E-state index contributed by atoms with van der Waals surface area (Å²) in [5.41, 5.74) is 0.108. The van der Waals surface area contributed by atoms with Gasteiger partial charge in [0.1, 0.15) is 5.41 Å². The van der Waals surface area contributed by atoms with Crippen molar-refractivity contribution in [1.29, 1.82) is 0 Å². The number of likely N-dealkylation sites (tertiary alicyclic amines) is 1. The van der Waals surface area contributed by atoms with Gasteiger partial charge in [0.05, 0.1) is 14.2 Å². The van der Waals surface area contributed by atoms with E-state index in [0.717, 1.165) is 21.9 Å². The zero-order valence-electron chi connectivity index (χ0n) is 21.6. The molecule has 3 aliphatic heterocycles. The van der Waals surface area contributed by atoms with Crippen LogP contribution in [0.15, 0.2) is 41.2 Å². The van der Waals surface area contributed by atoms with E-state index in [1.54, 1.807) is 24.3 Å². The maximum atomic E-state index is 13.8. The van der Waals surface area contributed by atoms with Crippen LogP contribution in [-0.4, -0.2) is 85.1 Å². The second-order valence-electron chi connectivity index (χ2n) is 10.3. The van der Waals surface area contributed by atoms with Crippen LogP contribution in [0.4, 0.5) is 4.79 Å². The molecule has 2 aromatic rings. The van der Waals surface area contributed by atoms with Crippen LogP contribution < -0.4 is 15.0 Å². The van der Waals surface area contributed by atoms with Crippen molar-refractivity contribution in [3.63, 3.8) is 0 Å². The van der Waals surface area contributed by atoms with Crippen LogP contribution in [0.2, 0.25) is 0 Å². The number of amides is 4. The average molecular weight is 509 g/mol. The molecule has 2 bridgehead atoms.